The summed E-state index contributed by atoms with van der Waals surface area (Å²) in [7, 11) is 6.28. The second-order valence-electron chi connectivity index (χ2n) is 4.48. The van der Waals surface area contributed by atoms with E-state index in [1.807, 2.05) is 7.05 Å². The Morgan fingerprint density at radius 1 is 1.25 bits per heavy atom. The van der Waals surface area contributed by atoms with Gasteiger partial charge in [-0.2, -0.15) is 0 Å². The van der Waals surface area contributed by atoms with Gasteiger partial charge in [0.1, 0.15) is 0 Å². The molecule has 0 aliphatic carbocycles. The number of nitrogens with zero attached hydrogens (tertiary/aromatic N) is 3. The van der Waals surface area contributed by atoms with E-state index in [1.54, 1.807) is 0 Å². The summed E-state index contributed by atoms with van der Waals surface area (Å²) < 4.78 is 3.02. The molecule has 1 atom stereocenters. The molecule has 2 rings (SSSR count). The third-order valence-corrected chi connectivity index (χ3v) is 13.3. The normalized spacial score (nSPS) is 48.9. The Hall–Kier alpha value is 0.677. The van der Waals surface area contributed by atoms with Crippen LogP contribution in [0.1, 0.15) is 0 Å². The zero-order chi connectivity index (χ0) is 9.22. The van der Waals surface area contributed by atoms with Crippen LogP contribution in [-0.4, -0.2) is 60.6 Å². The maximum absolute atomic E-state index is 6.62. The van der Waals surface area contributed by atoms with Crippen LogP contribution in [0.2, 0.25) is 0 Å². The summed E-state index contributed by atoms with van der Waals surface area (Å²) in [5, 5.41) is 0. The molecule has 0 bridgehead atoms. The summed E-state index contributed by atoms with van der Waals surface area (Å²) >= 11 is 13.2. The quantitative estimate of drug-likeness (QED) is 0.443. The van der Waals surface area contributed by atoms with Gasteiger partial charge in [-0.25, -0.2) is 0 Å². The third kappa shape index (κ3) is 0.743. The van der Waals surface area contributed by atoms with E-state index < -0.39 is 6.29 Å². The topological polar surface area (TPSA) is 6.48 Å². The summed E-state index contributed by atoms with van der Waals surface area (Å²) in [6.45, 7) is 1.98. The second kappa shape index (κ2) is 2.02. The molecule has 0 aromatic rings. The first-order valence-electron chi connectivity index (χ1n) is 4.10. The fraction of sp³-hybridized carbons (Fsp3) is 1.00. The predicted octanol–water partition coefficient (Wildman–Crippen LogP) is 0.645. The molecule has 0 radical (unpaired) electrons. The van der Waals surface area contributed by atoms with Crippen molar-refractivity contribution in [1.82, 2.24) is 9.47 Å². The van der Waals surface area contributed by atoms with E-state index in [-0.39, 0.29) is 0 Å². The van der Waals surface area contributed by atoms with Gasteiger partial charge in [0.2, 0.25) is 0 Å². The molecule has 0 unspecified atom stereocenters. The molecule has 0 saturated carbocycles. The molecular weight excluding hydrogens is 213 g/mol. The molecule has 0 spiro atoms. The molecule has 72 valence electrons. The fourth-order valence-electron chi connectivity index (χ4n) is 2.57. The zero-order valence-electron chi connectivity index (χ0n) is 7.72. The molecule has 2 aliphatic heterocycles. The van der Waals surface area contributed by atoms with Crippen LogP contribution < -0.4 is 0 Å². The Balaban J connectivity index is 2.41. The summed E-state index contributed by atoms with van der Waals surface area (Å²) in [5.74, 6) is 0. The monoisotopic (exact) mass is 227 g/mol. The van der Waals surface area contributed by atoms with Gasteiger partial charge < -0.3 is 0 Å². The van der Waals surface area contributed by atoms with E-state index in [0.29, 0.717) is 0 Å². The van der Waals surface area contributed by atoms with Crippen LogP contribution in [-0.2, 0) is 0 Å². The van der Waals surface area contributed by atoms with Crippen LogP contribution in [0.25, 0.3) is 0 Å². The SMILES string of the molecule is CN1C[N@+]2(C)CN(C)[Si-]2(Cl)(Cl)C1. The Bertz CT molecular complexity index is 247. The number of hydrogen-bond donors (Lipinski definition) is 0. The van der Waals surface area contributed by atoms with E-state index in [2.05, 4.69) is 23.6 Å². The molecule has 0 N–H and O–H groups in total. The molecule has 12 heavy (non-hydrogen) atoms. The average Bonchev–Trinajstić information content (AvgIpc) is 1.97. The van der Waals surface area contributed by atoms with Crippen LogP contribution in [0, 0.1) is 0 Å². The van der Waals surface area contributed by atoms with Crippen LogP contribution in [0.4, 0.5) is 0 Å². The van der Waals surface area contributed by atoms with Crippen molar-refractivity contribution in [3.8, 4) is 0 Å². The first-order chi connectivity index (χ1) is 5.28. The molecule has 2 saturated heterocycles. The minimum absolute atomic E-state index is 0.857. The summed E-state index contributed by atoms with van der Waals surface area (Å²) in [6, 6.07) is 0. The van der Waals surface area contributed by atoms with Crippen molar-refractivity contribution in [2.45, 2.75) is 0 Å². The van der Waals surface area contributed by atoms with Crippen LogP contribution in [0.15, 0.2) is 0 Å². The maximum atomic E-state index is 6.62. The van der Waals surface area contributed by atoms with Crippen molar-refractivity contribution in [1.29, 1.82) is 0 Å². The standard InChI is InChI=1S/C6H15Cl2N3Si/c1-9-4-11(3)5-10(2)12(11,7,8)6-9/h4-6H2,1-3H3/t11-/m1/s1. The van der Waals surface area contributed by atoms with Gasteiger partial charge in [0.25, 0.3) is 0 Å². The van der Waals surface area contributed by atoms with E-state index in [4.69, 9.17) is 22.2 Å². The van der Waals surface area contributed by atoms with Crippen molar-refractivity contribution in [3.05, 3.63) is 0 Å². The van der Waals surface area contributed by atoms with Crippen LogP contribution in [0.3, 0.4) is 0 Å². The minimum atomic E-state index is -2.84. The van der Waals surface area contributed by atoms with Crippen LogP contribution in [0.5, 0.6) is 0 Å². The van der Waals surface area contributed by atoms with Gasteiger partial charge in [-0.15, -0.1) is 0 Å². The number of rotatable bonds is 0. The zero-order valence-corrected chi connectivity index (χ0v) is 10.2. The molecule has 0 aromatic heterocycles. The van der Waals surface area contributed by atoms with Gasteiger partial charge in [-0.1, -0.05) is 0 Å². The van der Waals surface area contributed by atoms with Crippen molar-refractivity contribution in [2.75, 3.05) is 40.6 Å². The molecule has 0 aromatic carbocycles. The van der Waals surface area contributed by atoms with Gasteiger partial charge >= 0.3 is 82.7 Å². The van der Waals surface area contributed by atoms with E-state index in [0.717, 1.165) is 23.7 Å². The van der Waals surface area contributed by atoms with Gasteiger partial charge in [-0.3, -0.25) is 0 Å². The molecule has 2 aliphatic rings. The predicted molar refractivity (Wildman–Crippen MR) is 53.8 cm³/mol. The molecule has 2 fully saturated rings. The second-order valence-corrected chi connectivity index (χ2v) is 14.2. The van der Waals surface area contributed by atoms with Crippen molar-refractivity contribution in [2.24, 2.45) is 0 Å². The van der Waals surface area contributed by atoms with Gasteiger partial charge in [0, 0.05) is 0 Å². The molecule has 2 heterocycles. The summed E-state index contributed by atoms with van der Waals surface area (Å²) in [6.07, 6.45) is -1.98. The third-order valence-electron chi connectivity index (χ3n) is 3.37. The first-order valence-corrected chi connectivity index (χ1v) is 8.73. The van der Waals surface area contributed by atoms with Gasteiger partial charge in [0.05, 0.1) is 0 Å². The summed E-state index contributed by atoms with van der Waals surface area (Å²) in [4.78, 5) is 2.23. The Morgan fingerprint density at radius 3 is 2.17 bits per heavy atom. The van der Waals surface area contributed by atoms with Crippen LogP contribution >= 0.6 is 22.2 Å². The fourth-order valence-corrected chi connectivity index (χ4v) is 8.51. The Kier molecular flexibility index (Phi) is 1.55. The summed E-state index contributed by atoms with van der Waals surface area (Å²) in [5.41, 5.74) is 0. The van der Waals surface area contributed by atoms with Gasteiger partial charge in [-0.05, 0) is 0 Å². The van der Waals surface area contributed by atoms with Gasteiger partial charge in [0.15, 0.2) is 0 Å². The van der Waals surface area contributed by atoms with Crippen molar-refractivity contribution in [3.63, 3.8) is 0 Å². The molecule has 6 heteroatoms. The number of hydrogen-bond acceptors (Lipinski definition) is 2. The van der Waals surface area contributed by atoms with Crippen molar-refractivity contribution < 1.29 is 4.15 Å². The number of quaternary nitrogens is 1. The molecule has 3 nitrogen and oxygen atoms in total. The number of halogens is 2. The molecule has 0 amide bonds. The average molecular weight is 228 g/mol. The Morgan fingerprint density at radius 2 is 1.83 bits per heavy atom. The van der Waals surface area contributed by atoms with Crippen molar-refractivity contribution >= 4 is 28.5 Å². The number of fused-ring (bicyclic) bond motifs is 1. The molecular formula is C6H15Cl2N3Si. The Labute approximate surface area is 83.0 Å². The van der Waals surface area contributed by atoms with E-state index in [1.165, 1.54) is 0 Å². The van der Waals surface area contributed by atoms with E-state index in [9.17, 15) is 0 Å². The van der Waals surface area contributed by atoms with E-state index >= 15 is 0 Å². The first kappa shape index (κ1) is 9.24.